The predicted octanol–water partition coefficient (Wildman–Crippen LogP) is 5.10. The molecule has 0 aliphatic carbocycles. The van der Waals surface area contributed by atoms with Crippen molar-refractivity contribution in [2.75, 3.05) is 49.2 Å². The van der Waals surface area contributed by atoms with E-state index in [1.54, 1.807) is 39.1 Å². The predicted molar refractivity (Wildman–Crippen MR) is 199 cm³/mol. The molecular weight excluding hydrogens is 696 g/mol. The molecule has 0 spiro atoms. The first-order valence-electron chi connectivity index (χ1n) is 17.5. The van der Waals surface area contributed by atoms with Gasteiger partial charge in [-0.05, 0) is 70.8 Å². The van der Waals surface area contributed by atoms with E-state index >= 15 is 0 Å². The second-order valence-electron chi connectivity index (χ2n) is 13.3. The Labute approximate surface area is 311 Å². The van der Waals surface area contributed by atoms with Crippen molar-refractivity contribution in [2.24, 2.45) is 0 Å². The van der Waals surface area contributed by atoms with Gasteiger partial charge >= 0.3 is 5.97 Å². The number of aryl methyl sites for hydroxylation is 2. The van der Waals surface area contributed by atoms with Crippen molar-refractivity contribution in [3.05, 3.63) is 115 Å². The molecule has 0 saturated carbocycles. The topological polar surface area (TPSA) is 148 Å². The number of aromatic nitrogens is 1. The van der Waals surface area contributed by atoms with Gasteiger partial charge in [0.1, 0.15) is 5.76 Å². The van der Waals surface area contributed by atoms with Crippen LogP contribution < -0.4 is 34.7 Å². The zero-order valence-corrected chi connectivity index (χ0v) is 31.0. The molecule has 13 heteroatoms. The van der Waals surface area contributed by atoms with E-state index in [1.165, 1.54) is 20.3 Å². The molecular formula is C41H42N2O11. The Morgan fingerprint density at radius 2 is 1.52 bits per heavy atom. The fourth-order valence-electron chi connectivity index (χ4n) is 7.92. The highest BCUT2D eigenvalue weighted by Crippen LogP contribution is 2.46. The first kappa shape index (κ1) is 36.4. The maximum absolute atomic E-state index is 14.0. The van der Waals surface area contributed by atoms with Crippen molar-refractivity contribution in [3.63, 3.8) is 0 Å². The Balaban J connectivity index is 1.37. The van der Waals surface area contributed by atoms with Gasteiger partial charge in [0.2, 0.25) is 16.9 Å². The lowest BCUT2D eigenvalue weighted by molar-refractivity contribution is -0.141. The molecule has 0 unspecified atom stereocenters. The molecule has 1 N–H and O–H groups in total. The molecule has 54 heavy (non-hydrogen) atoms. The van der Waals surface area contributed by atoms with Gasteiger partial charge in [0.15, 0.2) is 28.8 Å². The lowest BCUT2D eigenvalue weighted by Gasteiger charge is -2.38. The smallest absolute Gasteiger partial charge is 0.306 e. The average molecular weight is 739 g/mol. The Morgan fingerprint density at radius 1 is 0.833 bits per heavy atom. The third-order valence-electron chi connectivity index (χ3n) is 10.5. The van der Waals surface area contributed by atoms with Crippen molar-refractivity contribution in [1.82, 2.24) is 9.47 Å². The van der Waals surface area contributed by atoms with Crippen LogP contribution in [0.15, 0.2) is 68.6 Å². The summed E-state index contributed by atoms with van der Waals surface area (Å²) in [6, 6.07) is 16.0. The second kappa shape index (κ2) is 14.8. The molecule has 7 rings (SSSR count). The lowest BCUT2D eigenvalue weighted by atomic mass is 9.87. The van der Waals surface area contributed by atoms with Crippen LogP contribution in [0.2, 0.25) is 0 Å². The summed E-state index contributed by atoms with van der Waals surface area (Å²) in [6.45, 7) is 1.10. The van der Waals surface area contributed by atoms with Crippen LogP contribution in [0.1, 0.15) is 57.7 Å². The molecule has 5 aromatic rings. The largest absolute Gasteiger partial charge is 0.502 e. The summed E-state index contributed by atoms with van der Waals surface area (Å²) in [6.07, 6.45) is 0.970. The summed E-state index contributed by atoms with van der Waals surface area (Å²) in [4.78, 5) is 42.6. The minimum absolute atomic E-state index is 0.105. The summed E-state index contributed by atoms with van der Waals surface area (Å²) in [7, 11) is 9.04. The molecule has 2 aromatic heterocycles. The van der Waals surface area contributed by atoms with Gasteiger partial charge in [-0.3, -0.25) is 19.3 Å². The van der Waals surface area contributed by atoms with Gasteiger partial charge in [0.05, 0.1) is 73.1 Å². The molecule has 0 radical (unpaired) electrons. The number of hydrogen-bond acceptors (Lipinski definition) is 12. The molecule has 0 saturated heterocycles. The Bertz CT molecular complexity index is 2360. The highest BCUT2D eigenvalue weighted by Gasteiger charge is 2.35. The molecule has 0 bridgehead atoms. The van der Waals surface area contributed by atoms with E-state index in [1.807, 2.05) is 42.5 Å². The van der Waals surface area contributed by atoms with E-state index in [0.29, 0.717) is 54.7 Å². The van der Waals surface area contributed by atoms with Crippen LogP contribution in [-0.2, 0) is 35.5 Å². The first-order valence-corrected chi connectivity index (χ1v) is 17.5. The Kier molecular flexibility index (Phi) is 9.99. The number of nitrogens with zero attached hydrogens (tertiary/aromatic N) is 2. The van der Waals surface area contributed by atoms with Crippen molar-refractivity contribution in [1.29, 1.82) is 0 Å². The summed E-state index contributed by atoms with van der Waals surface area (Å²) < 4.78 is 41.5. The van der Waals surface area contributed by atoms with E-state index in [0.717, 1.165) is 33.2 Å². The van der Waals surface area contributed by atoms with Gasteiger partial charge in [-0.15, -0.1) is 0 Å². The van der Waals surface area contributed by atoms with Crippen molar-refractivity contribution in [3.8, 4) is 34.5 Å². The van der Waals surface area contributed by atoms with E-state index < -0.39 is 29.1 Å². The number of esters is 1. The van der Waals surface area contributed by atoms with Gasteiger partial charge < -0.3 is 42.5 Å². The number of benzene rings is 3. The number of rotatable bonds is 12. The first-order chi connectivity index (χ1) is 26.1. The number of fused-ring (bicyclic) bond motifs is 1. The Morgan fingerprint density at radius 3 is 2.19 bits per heavy atom. The standard InChI is InChI=1S/C41H42N2O11/c1-48-31-15-23-10-12-42(37(27(23)19-32(31)49-2)25-16-33(50-3)40(53-6)34(17-25)51-4)21-26-18-30(44)38(46)39(54-26)28(20-35(45)52-5)29-14-24-9-7-8-22-11-13-43(36(22)24)41(29)47/h7-9,14-19,28,37,46H,10-13,20-21H2,1-6H3/t28-,37-/m0/s1. The number of aromatic hydroxyl groups is 1. The zero-order chi connectivity index (χ0) is 38.3. The minimum atomic E-state index is -1.11. The number of carbonyl (C=O) groups excluding carboxylic acids is 1. The maximum Gasteiger partial charge on any atom is 0.306 e. The highest BCUT2D eigenvalue weighted by atomic mass is 16.5. The van der Waals surface area contributed by atoms with E-state index in [-0.39, 0.29) is 35.6 Å². The summed E-state index contributed by atoms with van der Waals surface area (Å²) in [5.41, 5.74) is 3.81. The number of ether oxygens (including phenoxy) is 6. The third-order valence-corrected chi connectivity index (χ3v) is 10.5. The number of methoxy groups -OCH3 is 6. The van der Waals surface area contributed by atoms with Crippen LogP contribution in [0.5, 0.6) is 34.5 Å². The van der Waals surface area contributed by atoms with Crippen LogP contribution in [0.3, 0.4) is 0 Å². The molecule has 13 nitrogen and oxygen atoms in total. The minimum Gasteiger partial charge on any atom is -0.502 e. The van der Waals surface area contributed by atoms with E-state index in [9.17, 15) is 19.5 Å². The number of carbonyl (C=O) groups is 1. The maximum atomic E-state index is 14.0. The van der Waals surface area contributed by atoms with Gasteiger partial charge in [-0.1, -0.05) is 18.2 Å². The van der Waals surface area contributed by atoms with Crippen LogP contribution in [0.4, 0.5) is 0 Å². The number of para-hydroxylation sites is 1. The molecule has 2 aliphatic rings. The Hall–Kier alpha value is -5.95. The van der Waals surface area contributed by atoms with Crippen LogP contribution in [0.25, 0.3) is 10.9 Å². The normalized spacial score (nSPS) is 15.4. The van der Waals surface area contributed by atoms with E-state index in [4.69, 9.17) is 32.8 Å². The van der Waals surface area contributed by atoms with Crippen molar-refractivity contribution >= 4 is 16.9 Å². The molecule has 0 fully saturated rings. The summed E-state index contributed by atoms with van der Waals surface area (Å²) in [5, 5.41) is 12.1. The van der Waals surface area contributed by atoms with Crippen molar-refractivity contribution in [2.45, 2.75) is 44.3 Å². The lowest BCUT2D eigenvalue weighted by Crippen LogP contribution is -2.36. The van der Waals surface area contributed by atoms with Crippen LogP contribution >= 0.6 is 0 Å². The average Bonchev–Trinajstić information content (AvgIpc) is 3.64. The van der Waals surface area contributed by atoms with Gasteiger partial charge in [-0.25, -0.2) is 0 Å². The van der Waals surface area contributed by atoms with Gasteiger partial charge in [0.25, 0.3) is 5.56 Å². The second-order valence-corrected chi connectivity index (χ2v) is 13.3. The molecule has 3 aromatic carbocycles. The van der Waals surface area contributed by atoms with Crippen LogP contribution in [-0.4, -0.2) is 69.7 Å². The fraction of sp³-hybridized carbons (Fsp3) is 0.341. The quantitative estimate of drug-likeness (QED) is 0.170. The third kappa shape index (κ3) is 6.27. The highest BCUT2D eigenvalue weighted by molar-refractivity contribution is 5.84. The van der Waals surface area contributed by atoms with Gasteiger partial charge in [0, 0.05) is 24.7 Å². The zero-order valence-electron chi connectivity index (χ0n) is 31.0. The van der Waals surface area contributed by atoms with Gasteiger partial charge in [-0.2, -0.15) is 0 Å². The van der Waals surface area contributed by atoms with E-state index in [2.05, 4.69) is 4.90 Å². The molecule has 0 amide bonds. The number of hydrogen-bond donors (Lipinski definition) is 1. The SMILES string of the molecule is COC(=O)C[C@H](c1oc(CN2CCc3cc(OC)c(OC)cc3[C@@H]2c2cc(OC)c(OC)c(OC)c2)cc(=O)c1O)c1cc2cccc3c2n(c1=O)CC3. The van der Waals surface area contributed by atoms with Crippen molar-refractivity contribution < 1.29 is 42.7 Å². The fourth-order valence-corrected chi connectivity index (χ4v) is 7.92. The summed E-state index contributed by atoms with van der Waals surface area (Å²) in [5.74, 6) is 0.0946. The molecule has 2 aliphatic heterocycles. The molecule has 2 atom stereocenters. The monoisotopic (exact) mass is 738 g/mol. The van der Waals surface area contributed by atoms with Crippen LogP contribution in [0, 0.1) is 0 Å². The summed E-state index contributed by atoms with van der Waals surface area (Å²) >= 11 is 0. The molecule has 282 valence electrons. The number of pyridine rings is 1. The molecule has 4 heterocycles.